The lowest BCUT2D eigenvalue weighted by atomic mass is 10.1. The summed E-state index contributed by atoms with van der Waals surface area (Å²) in [6.07, 6.45) is -4.55. The molecule has 1 aromatic heterocycles. The summed E-state index contributed by atoms with van der Waals surface area (Å²) in [6.45, 7) is 0.877. The molecule has 0 aliphatic heterocycles. The minimum absolute atomic E-state index is 0.0402. The molecule has 0 aliphatic carbocycles. The van der Waals surface area contributed by atoms with Gasteiger partial charge in [-0.25, -0.2) is 0 Å². The van der Waals surface area contributed by atoms with Crippen LogP contribution in [0, 0.1) is 6.92 Å². The van der Waals surface area contributed by atoms with Gasteiger partial charge in [0.25, 0.3) is 5.91 Å². The molecule has 10 heteroatoms. The molecule has 1 heterocycles. The average molecular weight is 469 g/mol. The zero-order chi connectivity index (χ0) is 22.8. The Morgan fingerprint density at radius 3 is 2.39 bits per heavy atom. The van der Waals surface area contributed by atoms with E-state index in [9.17, 15) is 27.6 Å². The van der Waals surface area contributed by atoms with Gasteiger partial charge in [-0.2, -0.15) is 13.2 Å². The van der Waals surface area contributed by atoms with E-state index in [2.05, 4.69) is 5.32 Å². The predicted molar refractivity (Wildman–Crippen MR) is 112 cm³/mol. The third-order valence-electron chi connectivity index (χ3n) is 4.58. The summed E-state index contributed by atoms with van der Waals surface area (Å²) >= 11 is 6.44. The number of hydrogen-bond acceptors (Lipinski definition) is 4. The van der Waals surface area contributed by atoms with Crippen molar-refractivity contribution in [2.75, 3.05) is 0 Å². The Kier molecular flexibility index (Phi) is 6.66. The zero-order valence-electron chi connectivity index (χ0n) is 16.1. The predicted octanol–water partition coefficient (Wildman–Crippen LogP) is 4.70. The third-order valence-corrected chi connectivity index (χ3v) is 5.91. The first kappa shape index (κ1) is 22.8. The minimum Gasteiger partial charge on any atom is -0.347 e. The lowest BCUT2D eigenvalue weighted by Gasteiger charge is -2.13. The minimum atomic E-state index is -4.55. The van der Waals surface area contributed by atoms with Gasteiger partial charge in [-0.3, -0.25) is 19.0 Å². The van der Waals surface area contributed by atoms with E-state index in [4.69, 9.17) is 11.6 Å². The molecule has 2 aromatic carbocycles. The molecule has 162 valence electrons. The van der Waals surface area contributed by atoms with Crippen LogP contribution in [0.2, 0.25) is 5.02 Å². The van der Waals surface area contributed by atoms with Crippen LogP contribution in [0.15, 0.2) is 53.3 Å². The number of hydrogen-bond donors (Lipinski definition) is 1. The fraction of sp³-hybridized carbons (Fsp3) is 0.190. The number of carbonyl (C=O) groups is 2. The summed E-state index contributed by atoms with van der Waals surface area (Å²) < 4.78 is 40.5. The number of nitrogens with zero attached hydrogens (tertiary/aromatic N) is 1. The molecule has 0 fully saturated rings. The number of thiazole rings is 1. The van der Waals surface area contributed by atoms with E-state index < -0.39 is 22.5 Å². The van der Waals surface area contributed by atoms with Gasteiger partial charge in [0.05, 0.1) is 12.1 Å². The second-order valence-electron chi connectivity index (χ2n) is 6.64. The number of halogens is 4. The van der Waals surface area contributed by atoms with E-state index in [1.54, 1.807) is 12.1 Å². The molecule has 0 atom stereocenters. The van der Waals surface area contributed by atoms with E-state index in [1.165, 1.54) is 41.8 Å². The quantitative estimate of drug-likeness (QED) is 0.533. The Labute approximate surface area is 184 Å². The first-order valence-corrected chi connectivity index (χ1v) is 10.2. The lowest BCUT2D eigenvalue weighted by Crippen LogP contribution is -2.25. The van der Waals surface area contributed by atoms with Crippen molar-refractivity contribution in [2.24, 2.45) is 0 Å². The van der Waals surface area contributed by atoms with E-state index in [-0.39, 0.29) is 35.0 Å². The van der Waals surface area contributed by atoms with Gasteiger partial charge in [-0.05, 0) is 42.8 Å². The van der Waals surface area contributed by atoms with Crippen molar-refractivity contribution in [3.63, 3.8) is 0 Å². The Balaban J connectivity index is 1.76. The number of carbonyl (C=O) groups excluding carboxylic acids is 2. The molecule has 3 aromatic rings. The van der Waals surface area contributed by atoms with Crippen molar-refractivity contribution in [1.82, 2.24) is 9.88 Å². The molecule has 0 saturated heterocycles. The molecule has 0 aliphatic rings. The molecule has 0 spiro atoms. The second kappa shape index (κ2) is 9.07. The molecule has 0 saturated carbocycles. The highest BCUT2D eigenvalue weighted by atomic mass is 35.5. The normalized spacial score (nSPS) is 11.4. The van der Waals surface area contributed by atoms with E-state index in [0.717, 1.165) is 6.07 Å². The average Bonchev–Trinajstić information content (AvgIpc) is 3.00. The van der Waals surface area contributed by atoms with Gasteiger partial charge in [0.2, 0.25) is 0 Å². The van der Waals surface area contributed by atoms with E-state index >= 15 is 0 Å². The molecule has 1 N–H and O–H groups in total. The maximum absolute atomic E-state index is 13.1. The number of nitrogens with one attached hydrogen (secondary N) is 1. The van der Waals surface area contributed by atoms with Crippen LogP contribution in [-0.4, -0.2) is 16.3 Å². The van der Waals surface area contributed by atoms with Crippen LogP contribution in [0.4, 0.5) is 13.2 Å². The molecule has 0 unspecified atom stereocenters. The van der Waals surface area contributed by atoms with Crippen LogP contribution >= 0.6 is 22.9 Å². The highest BCUT2D eigenvalue weighted by molar-refractivity contribution is 7.11. The Morgan fingerprint density at radius 2 is 1.74 bits per heavy atom. The van der Waals surface area contributed by atoms with Gasteiger partial charge in [0.1, 0.15) is 4.88 Å². The van der Waals surface area contributed by atoms with Crippen molar-refractivity contribution >= 4 is 34.6 Å². The van der Waals surface area contributed by atoms with Crippen molar-refractivity contribution in [1.29, 1.82) is 0 Å². The number of aromatic nitrogens is 1. The Hall–Kier alpha value is -2.91. The molecular weight excluding hydrogens is 453 g/mol. The number of rotatable bonds is 6. The van der Waals surface area contributed by atoms with Crippen LogP contribution in [0.5, 0.6) is 0 Å². The Bertz CT molecular complexity index is 1180. The smallest absolute Gasteiger partial charge is 0.347 e. The number of alkyl halides is 3. The van der Waals surface area contributed by atoms with Gasteiger partial charge in [-0.1, -0.05) is 41.1 Å². The van der Waals surface area contributed by atoms with Crippen LogP contribution < -0.4 is 10.2 Å². The summed E-state index contributed by atoms with van der Waals surface area (Å²) in [5.74, 6) is -1.03. The van der Waals surface area contributed by atoms with Crippen LogP contribution in [-0.2, 0) is 19.3 Å². The standard InChI is InChI=1S/C21H16ClF3N2O3S/c1-12-18(19(29)26-10-14-4-2-3-5-16(14)21(23,24)25)31-20(30)27(12)11-17(28)13-6-8-15(22)9-7-13/h2-9H,10-11H2,1H3,(H,26,29). The van der Waals surface area contributed by atoms with Crippen molar-refractivity contribution in [3.8, 4) is 0 Å². The van der Waals surface area contributed by atoms with Crippen LogP contribution in [0.1, 0.15) is 36.9 Å². The first-order valence-electron chi connectivity index (χ1n) is 9.00. The van der Waals surface area contributed by atoms with Gasteiger partial charge < -0.3 is 5.32 Å². The van der Waals surface area contributed by atoms with E-state index in [1.807, 2.05) is 0 Å². The van der Waals surface area contributed by atoms with Crippen LogP contribution in [0.25, 0.3) is 0 Å². The molecule has 0 bridgehead atoms. The largest absolute Gasteiger partial charge is 0.416 e. The van der Waals surface area contributed by atoms with Crippen molar-refractivity contribution in [2.45, 2.75) is 26.2 Å². The molecule has 5 nitrogen and oxygen atoms in total. The lowest BCUT2D eigenvalue weighted by molar-refractivity contribution is -0.138. The molecular formula is C21H16ClF3N2O3S. The fourth-order valence-electron chi connectivity index (χ4n) is 2.95. The van der Waals surface area contributed by atoms with Crippen molar-refractivity contribution in [3.05, 3.63) is 90.5 Å². The summed E-state index contributed by atoms with van der Waals surface area (Å²) in [5.41, 5.74) is -0.312. The molecule has 0 radical (unpaired) electrons. The maximum Gasteiger partial charge on any atom is 0.416 e. The zero-order valence-corrected chi connectivity index (χ0v) is 17.7. The maximum atomic E-state index is 13.1. The third kappa shape index (κ3) is 5.23. The van der Waals surface area contributed by atoms with Crippen LogP contribution in [0.3, 0.4) is 0 Å². The van der Waals surface area contributed by atoms with Gasteiger partial charge in [0.15, 0.2) is 5.78 Å². The first-order chi connectivity index (χ1) is 14.6. The number of amides is 1. The fourth-order valence-corrected chi connectivity index (χ4v) is 3.98. The topological polar surface area (TPSA) is 68.2 Å². The van der Waals surface area contributed by atoms with Gasteiger partial charge >= 0.3 is 11.0 Å². The van der Waals surface area contributed by atoms with Gasteiger partial charge in [-0.15, -0.1) is 0 Å². The SMILES string of the molecule is Cc1c(C(=O)NCc2ccccc2C(F)(F)F)sc(=O)n1CC(=O)c1ccc(Cl)cc1. The highest BCUT2D eigenvalue weighted by Crippen LogP contribution is 2.31. The molecule has 1 amide bonds. The summed E-state index contributed by atoms with van der Waals surface area (Å²) in [5, 5.41) is 2.88. The monoisotopic (exact) mass is 468 g/mol. The number of benzene rings is 2. The highest BCUT2D eigenvalue weighted by Gasteiger charge is 2.33. The summed E-state index contributed by atoms with van der Waals surface area (Å²) in [4.78, 5) is 36.8. The number of ketones is 1. The molecule has 3 rings (SSSR count). The van der Waals surface area contributed by atoms with Gasteiger partial charge in [0, 0.05) is 22.8 Å². The Morgan fingerprint density at radius 1 is 1.10 bits per heavy atom. The summed E-state index contributed by atoms with van der Waals surface area (Å²) in [7, 11) is 0. The number of Topliss-reactive ketones (excluding diaryl/α,β-unsaturated/α-hetero) is 1. The second-order valence-corrected chi connectivity index (χ2v) is 8.03. The van der Waals surface area contributed by atoms with E-state index in [0.29, 0.717) is 21.9 Å². The summed E-state index contributed by atoms with van der Waals surface area (Å²) in [6, 6.07) is 11.1. The van der Waals surface area contributed by atoms with Crippen molar-refractivity contribution < 1.29 is 22.8 Å². The molecule has 31 heavy (non-hydrogen) atoms.